The Kier molecular flexibility index (Phi) is 9.46. The van der Waals surface area contributed by atoms with E-state index in [9.17, 15) is 4.79 Å². The second-order valence-electron chi connectivity index (χ2n) is 3.46. The first-order valence-electron chi connectivity index (χ1n) is 5.76. The highest BCUT2D eigenvalue weighted by atomic mass is 16.5. The SMILES string of the molecule is CCCCCNC(=NC)NCCC(=O)OC. The number of rotatable bonds is 7. The molecule has 5 nitrogen and oxygen atoms in total. The molecule has 0 aromatic heterocycles. The number of carbonyl (C=O) groups excluding carboxylic acids is 1. The average molecular weight is 229 g/mol. The first-order valence-corrected chi connectivity index (χ1v) is 5.76. The molecule has 0 aromatic carbocycles. The molecule has 0 heterocycles. The minimum Gasteiger partial charge on any atom is -0.469 e. The molecular weight excluding hydrogens is 206 g/mol. The van der Waals surface area contributed by atoms with E-state index < -0.39 is 0 Å². The van der Waals surface area contributed by atoms with E-state index in [-0.39, 0.29) is 5.97 Å². The molecule has 0 rings (SSSR count). The van der Waals surface area contributed by atoms with Crippen LogP contribution >= 0.6 is 0 Å². The van der Waals surface area contributed by atoms with Gasteiger partial charge < -0.3 is 15.4 Å². The maximum absolute atomic E-state index is 10.9. The molecule has 2 N–H and O–H groups in total. The van der Waals surface area contributed by atoms with Gasteiger partial charge in [0.2, 0.25) is 0 Å². The summed E-state index contributed by atoms with van der Waals surface area (Å²) in [6.45, 7) is 3.62. The molecule has 0 unspecified atom stereocenters. The average Bonchev–Trinajstić information content (AvgIpc) is 2.31. The first-order chi connectivity index (χ1) is 7.74. The molecule has 0 aliphatic heterocycles. The zero-order valence-corrected chi connectivity index (χ0v) is 10.5. The molecule has 0 aromatic rings. The number of aliphatic imine (C=N–C) groups is 1. The van der Waals surface area contributed by atoms with E-state index in [0.717, 1.165) is 18.9 Å². The van der Waals surface area contributed by atoms with Crippen molar-refractivity contribution in [3.8, 4) is 0 Å². The van der Waals surface area contributed by atoms with E-state index in [4.69, 9.17) is 0 Å². The zero-order chi connectivity index (χ0) is 12.2. The van der Waals surface area contributed by atoms with Crippen LogP contribution in [0.4, 0.5) is 0 Å². The molecule has 0 saturated heterocycles. The summed E-state index contributed by atoms with van der Waals surface area (Å²) in [5, 5.41) is 6.23. The quantitative estimate of drug-likeness (QED) is 0.295. The van der Waals surface area contributed by atoms with Crippen LogP contribution in [0.25, 0.3) is 0 Å². The smallest absolute Gasteiger partial charge is 0.307 e. The van der Waals surface area contributed by atoms with Crippen LogP contribution < -0.4 is 10.6 Å². The Bertz CT molecular complexity index is 217. The third kappa shape index (κ3) is 8.08. The van der Waals surface area contributed by atoms with Gasteiger partial charge in [-0.25, -0.2) is 0 Å². The number of guanidine groups is 1. The number of hydrogen-bond donors (Lipinski definition) is 2. The van der Waals surface area contributed by atoms with Crippen LogP contribution in [0.1, 0.15) is 32.6 Å². The van der Waals surface area contributed by atoms with Gasteiger partial charge in [-0.05, 0) is 6.42 Å². The maximum atomic E-state index is 10.9. The summed E-state index contributed by atoms with van der Waals surface area (Å²) in [7, 11) is 3.10. The highest BCUT2D eigenvalue weighted by Gasteiger charge is 2.00. The van der Waals surface area contributed by atoms with E-state index in [2.05, 4.69) is 27.3 Å². The topological polar surface area (TPSA) is 62.7 Å². The Labute approximate surface area is 97.7 Å². The lowest BCUT2D eigenvalue weighted by molar-refractivity contribution is -0.140. The summed E-state index contributed by atoms with van der Waals surface area (Å²) in [6, 6.07) is 0. The Hall–Kier alpha value is -1.26. The molecule has 0 bridgehead atoms. The van der Waals surface area contributed by atoms with Gasteiger partial charge in [0.1, 0.15) is 0 Å². The summed E-state index contributed by atoms with van der Waals surface area (Å²) < 4.78 is 4.54. The van der Waals surface area contributed by atoms with Gasteiger partial charge in [-0.15, -0.1) is 0 Å². The van der Waals surface area contributed by atoms with E-state index in [0.29, 0.717) is 13.0 Å². The minimum absolute atomic E-state index is 0.214. The van der Waals surface area contributed by atoms with Crippen molar-refractivity contribution in [3.05, 3.63) is 0 Å². The van der Waals surface area contributed by atoms with Crippen LogP contribution in [-0.2, 0) is 9.53 Å². The van der Waals surface area contributed by atoms with E-state index >= 15 is 0 Å². The molecule has 0 atom stereocenters. The van der Waals surface area contributed by atoms with Crippen molar-refractivity contribution < 1.29 is 9.53 Å². The van der Waals surface area contributed by atoms with E-state index in [1.807, 2.05) is 0 Å². The molecule has 0 aliphatic rings. The Morgan fingerprint density at radius 1 is 1.25 bits per heavy atom. The van der Waals surface area contributed by atoms with Crippen LogP contribution in [0.2, 0.25) is 0 Å². The Morgan fingerprint density at radius 2 is 1.94 bits per heavy atom. The van der Waals surface area contributed by atoms with Crippen molar-refractivity contribution in [2.75, 3.05) is 27.2 Å². The maximum Gasteiger partial charge on any atom is 0.307 e. The van der Waals surface area contributed by atoms with Crippen molar-refractivity contribution in [1.82, 2.24) is 10.6 Å². The van der Waals surface area contributed by atoms with Gasteiger partial charge in [-0.1, -0.05) is 19.8 Å². The number of nitrogens with zero attached hydrogens (tertiary/aromatic N) is 1. The summed E-state index contributed by atoms with van der Waals surface area (Å²) >= 11 is 0. The standard InChI is InChI=1S/C11H23N3O2/c1-4-5-6-8-13-11(12-2)14-9-7-10(15)16-3/h4-9H2,1-3H3,(H2,12,13,14). The lowest BCUT2D eigenvalue weighted by Crippen LogP contribution is -2.38. The number of ether oxygens (including phenoxy) is 1. The third-order valence-corrected chi connectivity index (χ3v) is 2.15. The number of unbranched alkanes of at least 4 members (excludes halogenated alkanes) is 2. The van der Waals surface area contributed by atoms with Crippen molar-refractivity contribution in [2.24, 2.45) is 4.99 Å². The molecule has 0 amide bonds. The van der Waals surface area contributed by atoms with Crippen molar-refractivity contribution >= 4 is 11.9 Å². The highest BCUT2D eigenvalue weighted by Crippen LogP contribution is 1.90. The highest BCUT2D eigenvalue weighted by molar-refractivity contribution is 5.80. The number of methoxy groups -OCH3 is 1. The van der Waals surface area contributed by atoms with Gasteiger partial charge in [-0.3, -0.25) is 9.79 Å². The Morgan fingerprint density at radius 3 is 2.50 bits per heavy atom. The van der Waals surface area contributed by atoms with Crippen LogP contribution in [0.15, 0.2) is 4.99 Å². The summed E-state index contributed by atoms with van der Waals surface area (Å²) in [4.78, 5) is 14.9. The van der Waals surface area contributed by atoms with Gasteiger partial charge in [-0.2, -0.15) is 0 Å². The molecule has 5 heteroatoms. The minimum atomic E-state index is -0.214. The fourth-order valence-electron chi connectivity index (χ4n) is 1.19. The van der Waals surface area contributed by atoms with Gasteiger partial charge in [0.25, 0.3) is 0 Å². The predicted octanol–water partition coefficient (Wildman–Crippen LogP) is 0.905. The Balaban J connectivity index is 3.56. The van der Waals surface area contributed by atoms with Crippen LogP contribution in [0.5, 0.6) is 0 Å². The molecular formula is C11H23N3O2. The summed E-state index contributed by atoms with van der Waals surface area (Å²) in [5.74, 6) is 0.522. The van der Waals surface area contributed by atoms with Gasteiger partial charge in [0, 0.05) is 20.1 Å². The molecule has 0 spiro atoms. The van der Waals surface area contributed by atoms with Crippen LogP contribution in [0.3, 0.4) is 0 Å². The van der Waals surface area contributed by atoms with Crippen LogP contribution in [-0.4, -0.2) is 39.2 Å². The van der Waals surface area contributed by atoms with Crippen LogP contribution in [0, 0.1) is 0 Å². The largest absolute Gasteiger partial charge is 0.469 e. The molecule has 0 radical (unpaired) electrons. The summed E-state index contributed by atoms with van der Waals surface area (Å²) in [5.41, 5.74) is 0. The molecule has 0 saturated carbocycles. The molecule has 0 fully saturated rings. The second-order valence-corrected chi connectivity index (χ2v) is 3.46. The fourth-order valence-corrected chi connectivity index (χ4v) is 1.19. The summed E-state index contributed by atoms with van der Waals surface area (Å²) in [6.07, 6.45) is 3.91. The fraction of sp³-hybridized carbons (Fsp3) is 0.818. The molecule has 0 aliphatic carbocycles. The van der Waals surface area contributed by atoms with Crippen molar-refractivity contribution in [1.29, 1.82) is 0 Å². The first kappa shape index (κ1) is 14.7. The van der Waals surface area contributed by atoms with Gasteiger partial charge in [0.15, 0.2) is 5.96 Å². The van der Waals surface area contributed by atoms with Gasteiger partial charge >= 0.3 is 5.97 Å². The predicted molar refractivity (Wildman–Crippen MR) is 65.5 cm³/mol. The molecule has 16 heavy (non-hydrogen) atoms. The zero-order valence-electron chi connectivity index (χ0n) is 10.5. The number of hydrogen-bond acceptors (Lipinski definition) is 3. The third-order valence-electron chi connectivity index (χ3n) is 2.15. The lowest BCUT2D eigenvalue weighted by atomic mass is 10.2. The normalized spacial score (nSPS) is 11.1. The van der Waals surface area contributed by atoms with E-state index in [1.54, 1.807) is 7.05 Å². The number of carbonyl (C=O) groups is 1. The number of nitrogens with one attached hydrogen (secondary N) is 2. The van der Waals surface area contributed by atoms with Gasteiger partial charge in [0.05, 0.1) is 13.5 Å². The number of esters is 1. The van der Waals surface area contributed by atoms with Crippen molar-refractivity contribution in [2.45, 2.75) is 32.6 Å². The van der Waals surface area contributed by atoms with E-state index in [1.165, 1.54) is 20.0 Å². The molecule has 94 valence electrons. The lowest BCUT2D eigenvalue weighted by Gasteiger charge is -2.10. The monoisotopic (exact) mass is 229 g/mol. The second kappa shape index (κ2) is 10.3. The van der Waals surface area contributed by atoms with Crippen molar-refractivity contribution in [3.63, 3.8) is 0 Å².